The minimum absolute atomic E-state index is 0.114. The third-order valence-electron chi connectivity index (χ3n) is 6.23. The van der Waals surface area contributed by atoms with E-state index >= 15 is 0 Å². The first-order valence-electron chi connectivity index (χ1n) is 11.2. The normalized spacial score (nSPS) is 15.3. The molecule has 5 aromatic rings. The Hall–Kier alpha value is -4.47. The molecule has 0 radical (unpaired) electrons. The van der Waals surface area contributed by atoms with Gasteiger partial charge in [-0.05, 0) is 31.2 Å². The predicted molar refractivity (Wildman–Crippen MR) is 132 cm³/mol. The highest BCUT2D eigenvalue weighted by atomic mass is 19.1. The zero-order chi connectivity index (χ0) is 24.1. The molecule has 0 unspecified atom stereocenters. The van der Waals surface area contributed by atoms with Crippen LogP contribution < -0.4 is 20.5 Å². The van der Waals surface area contributed by atoms with Crippen molar-refractivity contribution in [3.05, 3.63) is 76.6 Å². The number of rotatable bonds is 4. The van der Waals surface area contributed by atoms with Gasteiger partial charge in [0.15, 0.2) is 5.65 Å². The lowest BCUT2D eigenvalue weighted by atomic mass is 10.2. The van der Waals surface area contributed by atoms with Gasteiger partial charge < -0.3 is 15.0 Å². The Bertz CT molecular complexity index is 1640. The number of hydrogen-bond donors (Lipinski definition) is 2. The second kappa shape index (κ2) is 8.08. The molecule has 3 aromatic heterocycles. The Labute approximate surface area is 199 Å². The molecule has 2 aromatic carbocycles. The zero-order valence-corrected chi connectivity index (χ0v) is 19.1. The molecule has 4 heterocycles. The number of benzene rings is 2. The average Bonchev–Trinajstić information content (AvgIpc) is 3.26. The largest absolute Gasteiger partial charge is 0.485 e. The molecule has 10 heteroatoms. The summed E-state index contributed by atoms with van der Waals surface area (Å²) in [6, 6.07) is 14.0. The first kappa shape index (κ1) is 21.1. The molecule has 1 aliphatic rings. The van der Waals surface area contributed by atoms with Gasteiger partial charge in [0, 0.05) is 18.9 Å². The van der Waals surface area contributed by atoms with Gasteiger partial charge in [-0.15, -0.1) is 0 Å². The van der Waals surface area contributed by atoms with Gasteiger partial charge in [-0.3, -0.25) is 14.5 Å². The van der Waals surface area contributed by atoms with Crippen molar-refractivity contribution in [1.29, 1.82) is 0 Å². The van der Waals surface area contributed by atoms with Crippen molar-refractivity contribution in [3.63, 3.8) is 0 Å². The van der Waals surface area contributed by atoms with Crippen LogP contribution in [0, 0.1) is 12.7 Å². The van der Waals surface area contributed by atoms with Crippen LogP contribution in [-0.2, 0) is 0 Å². The van der Waals surface area contributed by atoms with E-state index in [0.717, 1.165) is 11.4 Å². The van der Waals surface area contributed by atoms with E-state index in [2.05, 4.69) is 30.4 Å². The van der Waals surface area contributed by atoms with Crippen LogP contribution in [0.15, 0.2) is 59.5 Å². The molecule has 0 aliphatic carbocycles. The van der Waals surface area contributed by atoms with Gasteiger partial charge in [0.05, 0.1) is 35.2 Å². The van der Waals surface area contributed by atoms with Crippen LogP contribution in [-0.4, -0.2) is 51.0 Å². The Morgan fingerprint density at radius 3 is 2.77 bits per heavy atom. The van der Waals surface area contributed by atoms with Gasteiger partial charge in [-0.2, -0.15) is 10.1 Å². The molecule has 0 spiro atoms. The predicted octanol–water partition coefficient (Wildman–Crippen LogP) is 3.41. The maximum Gasteiger partial charge on any atom is 0.268 e. The first-order chi connectivity index (χ1) is 17.0. The number of hydrogen-bond acceptors (Lipinski definition) is 7. The number of anilines is 2. The van der Waals surface area contributed by atoms with Gasteiger partial charge in [0.25, 0.3) is 5.56 Å². The summed E-state index contributed by atoms with van der Waals surface area (Å²) in [6.45, 7) is 2.88. The summed E-state index contributed by atoms with van der Waals surface area (Å²) >= 11 is 0. The van der Waals surface area contributed by atoms with Gasteiger partial charge >= 0.3 is 0 Å². The van der Waals surface area contributed by atoms with Crippen molar-refractivity contribution >= 4 is 33.6 Å². The van der Waals surface area contributed by atoms with Gasteiger partial charge in [0.2, 0.25) is 5.95 Å². The fourth-order valence-corrected chi connectivity index (χ4v) is 4.55. The fourth-order valence-electron chi connectivity index (χ4n) is 4.55. The quantitative estimate of drug-likeness (QED) is 0.414. The van der Waals surface area contributed by atoms with Gasteiger partial charge in [-0.25, -0.2) is 9.37 Å². The van der Waals surface area contributed by atoms with Crippen LogP contribution in [0.25, 0.3) is 27.6 Å². The third kappa shape index (κ3) is 3.45. The van der Waals surface area contributed by atoms with Crippen molar-refractivity contribution < 1.29 is 9.13 Å². The lowest BCUT2D eigenvalue weighted by Gasteiger charge is -2.33. The van der Waals surface area contributed by atoms with E-state index in [9.17, 15) is 9.18 Å². The molecular formula is C25H22FN7O2. The second-order valence-corrected chi connectivity index (χ2v) is 8.56. The van der Waals surface area contributed by atoms with Crippen molar-refractivity contribution in [1.82, 2.24) is 24.7 Å². The summed E-state index contributed by atoms with van der Waals surface area (Å²) < 4.78 is 22.2. The molecule has 176 valence electrons. The molecule has 1 atom stereocenters. The number of pyridine rings is 1. The number of halogens is 1. The van der Waals surface area contributed by atoms with E-state index < -0.39 is 11.4 Å². The first-order valence-corrected chi connectivity index (χ1v) is 11.2. The van der Waals surface area contributed by atoms with Crippen LogP contribution in [0.5, 0.6) is 5.75 Å². The maximum atomic E-state index is 14.8. The van der Waals surface area contributed by atoms with Crippen LogP contribution in [0.1, 0.15) is 5.69 Å². The Balaban J connectivity index is 1.41. The number of para-hydroxylation sites is 3. The highest BCUT2D eigenvalue weighted by molar-refractivity contribution is 6.03. The molecule has 6 rings (SSSR count). The highest BCUT2D eigenvalue weighted by Gasteiger charge is 2.24. The fraction of sp³-hybridized carbons (Fsp3) is 0.200. The lowest BCUT2D eigenvalue weighted by molar-refractivity contribution is 0.208. The van der Waals surface area contributed by atoms with E-state index in [0.29, 0.717) is 41.0 Å². The molecule has 9 nitrogen and oxygen atoms in total. The minimum atomic E-state index is -0.526. The van der Waals surface area contributed by atoms with E-state index in [1.807, 2.05) is 31.3 Å². The van der Waals surface area contributed by atoms with E-state index in [-0.39, 0.29) is 17.4 Å². The van der Waals surface area contributed by atoms with Gasteiger partial charge in [0.1, 0.15) is 23.2 Å². The number of H-pyrrole nitrogens is 1. The molecule has 0 saturated heterocycles. The number of nitrogens with zero attached hydrogens (tertiary/aromatic N) is 5. The van der Waals surface area contributed by atoms with Crippen LogP contribution >= 0.6 is 0 Å². The minimum Gasteiger partial charge on any atom is -0.485 e. The molecule has 2 N–H and O–H groups in total. The van der Waals surface area contributed by atoms with Crippen LogP contribution in [0.3, 0.4) is 0 Å². The van der Waals surface area contributed by atoms with Crippen molar-refractivity contribution in [2.24, 2.45) is 0 Å². The zero-order valence-electron chi connectivity index (χ0n) is 19.1. The number of nitrogens with one attached hydrogen (secondary N) is 2. The average molecular weight is 471 g/mol. The topological polar surface area (TPSA) is 101 Å². The van der Waals surface area contributed by atoms with Crippen molar-refractivity contribution in [2.75, 3.05) is 30.4 Å². The number of likely N-dealkylation sites (N-methyl/N-ethyl adjacent to an activating group) is 1. The Morgan fingerprint density at radius 1 is 1.17 bits per heavy atom. The van der Waals surface area contributed by atoms with Crippen molar-refractivity contribution in [2.45, 2.75) is 13.0 Å². The number of aromatic nitrogens is 5. The Morgan fingerprint density at radius 2 is 1.94 bits per heavy atom. The summed E-state index contributed by atoms with van der Waals surface area (Å²) in [5.74, 6) is 0.595. The monoisotopic (exact) mass is 471 g/mol. The van der Waals surface area contributed by atoms with Gasteiger partial charge in [-0.1, -0.05) is 24.3 Å². The van der Waals surface area contributed by atoms with E-state index in [1.165, 1.54) is 10.6 Å². The highest BCUT2D eigenvalue weighted by Crippen LogP contribution is 2.32. The molecule has 1 aliphatic heterocycles. The standard InChI is InChI=1S/C25H22FN7O2/c1-14-21-22(31-30-14)16-12-28-25(27-11-15-13-32(2)19-9-5-6-10-20(19)35-15)29-23(16)33(24(21)34)18-8-4-3-7-17(18)26/h3-10,12,15H,11,13H2,1-2H3,(H,30,31)(H,27,28,29)/t15-/m0/s1. The number of fused-ring (bicyclic) bond motifs is 4. The number of aryl methyl sites for hydroxylation is 1. The Kier molecular flexibility index (Phi) is 4.87. The van der Waals surface area contributed by atoms with Crippen LogP contribution in [0.2, 0.25) is 0 Å². The SMILES string of the molecule is Cc1[nH]nc2c1c(=O)n(-c1ccccc1F)c1nc(NC[C@H]3CN(C)c4ccccc4O3)ncc21. The summed E-state index contributed by atoms with van der Waals surface area (Å²) in [6.07, 6.45) is 1.46. The molecule has 35 heavy (non-hydrogen) atoms. The molecule has 0 amide bonds. The van der Waals surface area contributed by atoms with Crippen molar-refractivity contribution in [3.8, 4) is 11.4 Å². The molecule has 0 saturated carbocycles. The van der Waals surface area contributed by atoms with E-state index in [1.54, 1.807) is 31.3 Å². The second-order valence-electron chi connectivity index (χ2n) is 8.56. The van der Waals surface area contributed by atoms with E-state index in [4.69, 9.17) is 4.74 Å². The summed E-state index contributed by atoms with van der Waals surface area (Å²) in [7, 11) is 2.02. The molecular weight excluding hydrogens is 449 g/mol. The summed E-state index contributed by atoms with van der Waals surface area (Å²) in [5.41, 5.74) is 2.07. The number of ether oxygens (including phenoxy) is 1. The third-order valence-corrected chi connectivity index (χ3v) is 6.23. The maximum absolute atomic E-state index is 14.8. The molecule has 0 bridgehead atoms. The summed E-state index contributed by atoms with van der Waals surface area (Å²) in [5, 5.41) is 11.3. The lowest BCUT2D eigenvalue weighted by Crippen LogP contribution is -2.41. The number of aromatic amines is 1. The van der Waals surface area contributed by atoms with Crippen LogP contribution in [0.4, 0.5) is 16.0 Å². The smallest absolute Gasteiger partial charge is 0.268 e. The summed E-state index contributed by atoms with van der Waals surface area (Å²) in [4.78, 5) is 24.7. The molecule has 0 fully saturated rings.